The number of rotatable bonds is 4. The van der Waals surface area contributed by atoms with Gasteiger partial charge >= 0.3 is 0 Å². The van der Waals surface area contributed by atoms with E-state index in [1.54, 1.807) is 50.5 Å². The zero-order valence-corrected chi connectivity index (χ0v) is 11.9. The third-order valence-electron chi connectivity index (χ3n) is 2.75. The van der Waals surface area contributed by atoms with Crippen LogP contribution < -0.4 is 5.32 Å². The second-order valence-electron chi connectivity index (χ2n) is 4.59. The number of benzene rings is 1. The minimum atomic E-state index is -0.344. The van der Waals surface area contributed by atoms with Gasteiger partial charge in [-0.05, 0) is 24.3 Å². The van der Waals surface area contributed by atoms with Gasteiger partial charge in [0.25, 0.3) is 11.8 Å². The topological polar surface area (TPSA) is 62.6 Å². The van der Waals surface area contributed by atoms with E-state index in [0.29, 0.717) is 11.3 Å². The highest BCUT2D eigenvalue weighted by atomic mass is 16.3. The highest BCUT2D eigenvalue weighted by Crippen LogP contribution is 2.09. The first kappa shape index (κ1) is 14.6. The third-order valence-corrected chi connectivity index (χ3v) is 2.75. The molecule has 2 aromatic rings. The molecule has 5 heteroatoms. The predicted octanol–water partition coefficient (Wildman–Crippen LogP) is 2.14. The van der Waals surface area contributed by atoms with Gasteiger partial charge in [-0.3, -0.25) is 9.59 Å². The van der Waals surface area contributed by atoms with E-state index in [-0.39, 0.29) is 17.5 Å². The summed E-state index contributed by atoms with van der Waals surface area (Å²) in [6.07, 6.45) is 3.01. The lowest BCUT2D eigenvalue weighted by molar-refractivity contribution is -0.124. The molecule has 0 fully saturated rings. The minimum Gasteiger partial charge on any atom is -0.465 e. The van der Waals surface area contributed by atoms with Crippen molar-refractivity contribution in [1.82, 2.24) is 10.2 Å². The van der Waals surface area contributed by atoms with E-state index in [1.165, 1.54) is 17.2 Å². The zero-order valence-electron chi connectivity index (χ0n) is 11.9. The van der Waals surface area contributed by atoms with Crippen molar-refractivity contribution in [2.24, 2.45) is 0 Å². The molecule has 0 aliphatic carbocycles. The fraction of sp³-hybridized carbons (Fsp3) is 0.125. The average molecular weight is 284 g/mol. The van der Waals surface area contributed by atoms with Crippen LogP contribution in [0.25, 0.3) is 6.08 Å². The summed E-state index contributed by atoms with van der Waals surface area (Å²) in [4.78, 5) is 25.7. The quantitative estimate of drug-likeness (QED) is 0.875. The largest absolute Gasteiger partial charge is 0.465 e. The zero-order chi connectivity index (χ0) is 15.2. The molecular weight excluding hydrogens is 268 g/mol. The van der Waals surface area contributed by atoms with E-state index in [2.05, 4.69) is 5.32 Å². The average Bonchev–Trinajstić information content (AvgIpc) is 2.99. The second-order valence-corrected chi connectivity index (χ2v) is 4.59. The van der Waals surface area contributed by atoms with E-state index in [1.807, 2.05) is 6.07 Å². The first-order valence-corrected chi connectivity index (χ1v) is 6.41. The molecule has 0 atom stereocenters. The van der Waals surface area contributed by atoms with Gasteiger partial charge < -0.3 is 14.6 Å². The lowest BCUT2D eigenvalue weighted by atomic mass is 10.2. The number of carbonyl (C=O) groups excluding carboxylic acids is 2. The molecule has 0 aliphatic heterocycles. The van der Waals surface area contributed by atoms with Crippen LogP contribution in [0.1, 0.15) is 16.1 Å². The molecule has 1 heterocycles. The number of furan rings is 1. The maximum Gasteiger partial charge on any atom is 0.269 e. The standard InChI is InChI=1S/C16H16N2O3/c1-18(2)16(20)14(11-13-9-6-10-21-13)17-15(19)12-7-4-3-5-8-12/h3-11H,1-2H3,(H,17,19)/b14-11+. The first-order chi connectivity index (χ1) is 10.1. The molecule has 2 amide bonds. The Hall–Kier alpha value is -2.82. The van der Waals surface area contributed by atoms with Crippen LogP contribution in [0, 0.1) is 0 Å². The van der Waals surface area contributed by atoms with Crippen molar-refractivity contribution in [2.75, 3.05) is 14.1 Å². The van der Waals surface area contributed by atoms with Gasteiger partial charge in [0.15, 0.2) is 0 Å². The Balaban J connectivity index is 2.25. The number of hydrogen-bond donors (Lipinski definition) is 1. The van der Waals surface area contributed by atoms with Crippen LogP contribution in [0.15, 0.2) is 58.8 Å². The minimum absolute atomic E-state index is 0.156. The lowest BCUT2D eigenvalue weighted by Crippen LogP contribution is -2.34. The normalized spacial score (nSPS) is 11.0. The molecule has 21 heavy (non-hydrogen) atoms. The van der Waals surface area contributed by atoms with E-state index >= 15 is 0 Å². The lowest BCUT2D eigenvalue weighted by Gasteiger charge is -2.14. The number of amides is 2. The van der Waals surface area contributed by atoms with Crippen molar-refractivity contribution in [3.05, 3.63) is 65.7 Å². The molecule has 108 valence electrons. The molecule has 1 N–H and O–H groups in total. The first-order valence-electron chi connectivity index (χ1n) is 6.41. The van der Waals surface area contributed by atoms with Crippen LogP contribution in [0.5, 0.6) is 0 Å². The van der Waals surface area contributed by atoms with Gasteiger partial charge in [0.05, 0.1) is 6.26 Å². The molecule has 0 saturated heterocycles. The highest BCUT2D eigenvalue weighted by Gasteiger charge is 2.16. The van der Waals surface area contributed by atoms with Crippen LogP contribution in [0.2, 0.25) is 0 Å². The van der Waals surface area contributed by atoms with Crippen LogP contribution in [0.3, 0.4) is 0 Å². The third kappa shape index (κ3) is 3.82. The molecule has 0 aliphatic rings. The highest BCUT2D eigenvalue weighted by molar-refractivity contribution is 6.04. The summed E-state index contributed by atoms with van der Waals surface area (Å²) in [5.41, 5.74) is 0.637. The van der Waals surface area contributed by atoms with Crippen molar-refractivity contribution >= 4 is 17.9 Å². The summed E-state index contributed by atoms with van der Waals surface area (Å²) in [5.74, 6) is -0.159. The molecule has 0 bridgehead atoms. The monoisotopic (exact) mass is 284 g/mol. The Bertz CT molecular complexity index is 643. The van der Waals surface area contributed by atoms with E-state index in [4.69, 9.17) is 4.42 Å². The molecule has 1 aromatic carbocycles. The van der Waals surface area contributed by atoms with Crippen molar-refractivity contribution in [1.29, 1.82) is 0 Å². The van der Waals surface area contributed by atoms with Crippen LogP contribution in [0.4, 0.5) is 0 Å². The summed E-state index contributed by atoms with van der Waals surface area (Å²) in [6.45, 7) is 0. The van der Waals surface area contributed by atoms with E-state index < -0.39 is 0 Å². The van der Waals surface area contributed by atoms with Gasteiger partial charge in [-0.25, -0.2) is 0 Å². The second kappa shape index (κ2) is 6.56. The summed E-state index contributed by atoms with van der Waals surface area (Å²) >= 11 is 0. The number of likely N-dealkylation sites (N-methyl/N-ethyl adjacent to an activating group) is 1. The SMILES string of the molecule is CN(C)C(=O)/C(=C\c1ccco1)NC(=O)c1ccccc1. The van der Waals surface area contributed by atoms with Gasteiger partial charge in [0, 0.05) is 25.7 Å². The number of hydrogen-bond acceptors (Lipinski definition) is 3. The Morgan fingerprint density at radius 1 is 1.10 bits per heavy atom. The van der Waals surface area contributed by atoms with Crippen molar-refractivity contribution < 1.29 is 14.0 Å². The Morgan fingerprint density at radius 2 is 1.81 bits per heavy atom. The predicted molar refractivity (Wildman–Crippen MR) is 79.3 cm³/mol. The number of nitrogens with zero attached hydrogens (tertiary/aromatic N) is 1. The molecule has 0 unspecified atom stereocenters. The maximum absolute atomic E-state index is 12.2. The van der Waals surface area contributed by atoms with Gasteiger partial charge in [-0.15, -0.1) is 0 Å². The number of nitrogens with one attached hydrogen (secondary N) is 1. The van der Waals surface area contributed by atoms with Crippen LogP contribution in [-0.2, 0) is 4.79 Å². The smallest absolute Gasteiger partial charge is 0.269 e. The molecule has 0 saturated carbocycles. The molecule has 1 aromatic heterocycles. The van der Waals surface area contributed by atoms with Crippen molar-refractivity contribution in [2.45, 2.75) is 0 Å². The number of carbonyl (C=O) groups is 2. The van der Waals surface area contributed by atoms with Gasteiger partial charge in [-0.1, -0.05) is 18.2 Å². The van der Waals surface area contributed by atoms with Crippen molar-refractivity contribution in [3.63, 3.8) is 0 Å². The Morgan fingerprint density at radius 3 is 2.38 bits per heavy atom. The molecule has 0 spiro atoms. The van der Waals surface area contributed by atoms with Gasteiger partial charge in [-0.2, -0.15) is 0 Å². The molecular formula is C16H16N2O3. The van der Waals surface area contributed by atoms with Crippen LogP contribution >= 0.6 is 0 Å². The maximum atomic E-state index is 12.2. The van der Waals surface area contributed by atoms with E-state index in [0.717, 1.165) is 0 Å². The summed E-state index contributed by atoms with van der Waals surface area (Å²) in [6, 6.07) is 12.1. The Labute approximate surface area is 122 Å². The van der Waals surface area contributed by atoms with Gasteiger partial charge in [0.2, 0.25) is 0 Å². The summed E-state index contributed by atoms with van der Waals surface area (Å²) in [7, 11) is 3.24. The fourth-order valence-corrected chi connectivity index (χ4v) is 1.69. The Kier molecular flexibility index (Phi) is 4.56. The van der Waals surface area contributed by atoms with Crippen LogP contribution in [-0.4, -0.2) is 30.8 Å². The summed E-state index contributed by atoms with van der Waals surface area (Å²) in [5, 5.41) is 2.62. The van der Waals surface area contributed by atoms with E-state index in [9.17, 15) is 9.59 Å². The molecule has 5 nitrogen and oxygen atoms in total. The molecule has 0 radical (unpaired) electrons. The fourth-order valence-electron chi connectivity index (χ4n) is 1.69. The summed E-state index contributed by atoms with van der Waals surface area (Å²) < 4.78 is 5.18. The van der Waals surface area contributed by atoms with Gasteiger partial charge in [0.1, 0.15) is 11.5 Å². The van der Waals surface area contributed by atoms with Crippen molar-refractivity contribution in [3.8, 4) is 0 Å². The molecule has 2 rings (SSSR count).